The zero-order valence-electron chi connectivity index (χ0n) is 10.5. The maximum atomic E-state index is 5.59. The summed E-state index contributed by atoms with van der Waals surface area (Å²) in [5, 5.41) is 0. The van der Waals surface area contributed by atoms with E-state index in [2.05, 4.69) is 46.4 Å². The van der Waals surface area contributed by atoms with Crippen molar-refractivity contribution in [3.8, 4) is 0 Å². The number of rotatable bonds is 2. The summed E-state index contributed by atoms with van der Waals surface area (Å²) in [6, 6.07) is 1.18. The van der Waals surface area contributed by atoms with Crippen LogP contribution in [0.5, 0.6) is 0 Å². The standard InChI is InChI=1S/C12H25NO/c1-9(2)10(3)13-8-14-7-11(13)12(4,5)6/h9-11H,7-8H2,1-6H3. The molecule has 0 aromatic rings. The molecule has 0 spiro atoms. The SMILES string of the molecule is CC(C)C(C)N1COCC1C(C)(C)C. The Balaban J connectivity index is 2.69. The lowest BCUT2D eigenvalue weighted by Gasteiger charge is -2.38. The molecule has 1 saturated heterocycles. The Bertz CT molecular complexity index is 183. The molecular formula is C12H25NO. The average Bonchev–Trinajstić information content (AvgIpc) is 2.48. The van der Waals surface area contributed by atoms with E-state index in [4.69, 9.17) is 4.74 Å². The molecule has 14 heavy (non-hydrogen) atoms. The third-order valence-electron chi connectivity index (χ3n) is 3.40. The van der Waals surface area contributed by atoms with Crippen molar-refractivity contribution in [3.63, 3.8) is 0 Å². The summed E-state index contributed by atoms with van der Waals surface area (Å²) >= 11 is 0. The van der Waals surface area contributed by atoms with Gasteiger partial charge >= 0.3 is 0 Å². The topological polar surface area (TPSA) is 12.5 Å². The number of hydrogen-bond acceptors (Lipinski definition) is 2. The van der Waals surface area contributed by atoms with Gasteiger partial charge in [-0.15, -0.1) is 0 Å². The minimum absolute atomic E-state index is 0.319. The van der Waals surface area contributed by atoms with E-state index < -0.39 is 0 Å². The van der Waals surface area contributed by atoms with Gasteiger partial charge in [-0.05, 0) is 18.3 Å². The highest BCUT2D eigenvalue weighted by molar-refractivity contribution is 4.88. The Morgan fingerprint density at radius 3 is 2.21 bits per heavy atom. The van der Waals surface area contributed by atoms with Crippen molar-refractivity contribution in [3.05, 3.63) is 0 Å². The Labute approximate surface area is 88.6 Å². The Kier molecular flexibility index (Phi) is 3.59. The predicted molar refractivity (Wildman–Crippen MR) is 60.2 cm³/mol. The van der Waals surface area contributed by atoms with Crippen molar-refractivity contribution >= 4 is 0 Å². The molecule has 2 heteroatoms. The van der Waals surface area contributed by atoms with Gasteiger partial charge in [0, 0.05) is 12.1 Å². The van der Waals surface area contributed by atoms with Gasteiger partial charge in [-0.25, -0.2) is 0 Å². The highest BCUT2D eigenvalue weighted by Gasteiger charge is 2.37. The summed E-state index contributed by atoms with van der Waals surface area (Å²) < 4.78 is 5.59. The van der Waals surface area contributed by atoms with Crippen LogP contribution in [0.15, 0.2) is 0 Å². The molecule has 0 saturated carbocycles. The minimum atomic E-state index is 0.319. The second kappa shape index (κ2) is 4.19. The van der Waals surface area contributed by atoms with Crippen LogP contribution >= 0.6 is 0 Å². The zero-order chi connectivity index (χ0) is 10.9. The Morgan fingerprint density at radius 2 is 1.79 bits per heavy atom. The van der Waals surface area contributed by atoms with Gasteiger partial charge in [0.1, 0.15) is 0 Å². The molecule has 2 atom stereocenters. The lowest BCUT2D eigenvalue weighted by atomic mass is 9.85. The molecule has 1 heterocycles. The fraction of sp³-hybridized carbons (Fsp3) is 1.00. The molecular weight excluding hydrogens is 174 g/mol. The smallest absolute Gasteiger partial charge is 0.0996 e. The van der Waals surface area contributed by atoms with E-state index >= 15 is 0 Å². The highest BCUT2D eigenvalue weighted by atomic mass is 16.5. The van der Waals surface area contributed by atoms with Gasteiger partial charge in [0.2, 0.25) is 0 Å². The van der Waals surface area contributed by atoms with Crippen molar-refractivity contribution in [1.82, 2.24) is 4.90 Å². The van der Waals surface area contributed by atoms with E-state index in [9.17, 15) is 0 Å². The largest absolute Gasteiger partial charge is 0.364 e. The van der Waals surface area contributed by atoms with Crippen molar-refractivity contribution in [2.24, 2.45) is 11.3 Å². The molecule has 0 N–H and O–H groups in total. The van der Waals surface area contributed by atoms with Crippen LogP contribution in [0.4, 0.5) is 0 Å². The van der Waals surface area contributed by atoms with Gasteiger partial charge in [0.15, 0.2) is 0 Å². The van der Waals surface area contributed by atoms with Gasteiger partial charge in [0.25, 0.3) is 0 Å². The van der Waals surface area contributed by atoms with E-state index in [0.29, 0.717) is 23.4 Å². The van der Waals surface area contributed by atoms with E-state index in [1.54, 1.807) is 0 Å². The van der Waals surface area contributed by atoms with Crippen LogP contribution in [0.1, 0.15) is 41.5 Å². The van der Waals surface area contributed by atoms with Crippen LogP contribution in [-0.4, -0.2) is 30.3 Å². The summed E-state index contributed by atoms with van der Waals surface area (Å²) in [6.07, 6.45) is 0. The minimum Gasteiger partial charge on any atom is -0.364 e. The van der Waals surface area contributed by atoms with Crippen LogP contribution in [0.2, 0.25) is 0 Å². The molecule has 0 aromatic heterocycles. The van der Waals surface area contributed by atoms with Crippen LogP contribution in [0.25, 0.3) is 0 Å². The molecule has 0 radical (unpaired) electrons. The maximum Gasteiger partial charge on any atom is 0.0996 e. The molecule has 0 bridgehead atoms. The Hall–Kier alpha value is -0.0800. The molecule has 2 unspecified atom stereocenters. The molecule has 84 valence electrons. The monoisotopic (exact) mass is 199 g/mol. The molecule has 1 aliphatic rings. The van der Waals surface area contributed by atoms with Crippen molar-refractivity contribution < 1.29 is 4.74 Å². The first kappa shape index (κ1) is 12.0. The van der Waals surface area contributed by atoms with Crippen LogP contribution in [0, 0.1) is 11.3 Å². The van der Waals surface area contributed by atoms with Crippen molar-refractivity contribution in [2.75, 3.05) is 13.3 Å². The normalized spacial score (nSPS) is 27.2. The summed E-state index contributed by atoms with van der Waals surface area (Å²) in [4.78, 5) is 2.50. The second-order valence-electron chi connectivity index (χ2n) is 5.88. The molecule has 0 amide bonds. The third-order valence-corrected chi connectivity index (χ3v) is 3.40. The maximum absolute atomic E-state index is 5.59. The molecule has 1 fully saturated rings. The first-order chi connectivity index (χ1) is 6.34. The molecule has 1 rings (SSSR count). The van der Waals surface area contributed by atoms with E-state index in [-0.39, 0.29) is 0 Å². The lowest BCUT2D eigenvalue weighted by Crippen LogP contribution is -2.47. The summed E-state index contributed by atoms with van der Waals surface area (Å²) in [7, 11) is 0. The van der Waals surface area contributed by atoms with Crippen LogP contribution in [-0.2, 0) is 4.74 Å². The summed E-state index contributed by atoms with van der Waals surface area (Å²) in [6.45, 7) is 15.5. The molecule has 0 aromatic carbocycles. The third kappa shape index (κ3) is 2.48. The number of hydrogen-bond donors (Lipinski definition) is 0. The number of nitrogens with zero attached hydrogens (tertiary/aromatic N) is 1. The molecule has 2 nitrogen and oxygen atoms in total. The first-order valence-corrected chi connectivity index (χ1v) is 5.67. The van der Waals surface area contributed by atoms with Crippen LogP contribution < -0.4 is 0 Å². The van der Waals surface area contributed by atoms with Crippen molar-refractivity contribution in [1.29, 1.82) is 0 Å². The highest BCUT2D eigenvalue weighted by Crippen LogP contribution is 2.31. The van der Waals surface area contributed by atoms with E-state index in [1.807, 2.05) is 0 Å². The fourth-order valence-corrected chi connectivity index (χ4v) is 1.99. The van der Waals surface area contributed by atoms with Gasteiger partial charge in [-0.2, -0.15) is 0 Å². The predicted octanol–water partition coefficient (Wildman–Crippen LogP) is 2.74. The van der Waals surface area contributed by atoms with Gasteiger partial charge in [-0.3, -0.25) is 4.90 Å². The zero-order valence-corrected chi connectivity index (χ0v) is 10.5. The van der Waals surface area contributed by atoms with E-state index in [0.717, 1.165) is 13.3 Å². The van der Waals surface area contributed by atoms with E-state index in [1.165, 1.54) is 0 Å². The fourth-order valence-electron chi connectivity index (χ4n) is 1.99. The molecule has 1 aliphatic heterocycles. The second-order valence-corrected chi connectivity index (χ2v) is 5.88. The Morgan fingerprint density at radius 1 is 1.21 bits per heavy atom. The van der Waals surface area contributed by atoms with Crippen molar-refractivity contribution in [2.45, 2.75) is 53.6 Å². The first-order valence-electron chi connectivity index (χ1n) is 5.67. The van der Waals surface area contributed by atoms with Gasteiger partial charge < -0.3 is 4.74 Å². The van der Waals surface area contributed by atoms with Gasteiger partial charge in [0.05, 0.1) is 13.3 Å². The van der Waals surface area contributed by atoms with Gasteiger partial charge in [-0.1, -0.05) is 34.6 Å². The lowest BCUT2D eigenvalue weighted by molar-refractivity contribution is 0.0685. The average molecular weight is 199 g/mol. The van der Waals surface area contributed by atoms with Crippen LogP contribution in [0.3, 0.4) is 0 Å². The quantitative estimate of drug-likeness (QED) is 0.678. The number of ether oxygens (including phenoxy) is 1. The molecule has 0 aliphatic carbocycles. The summed E-state index contributed by atoms with van der Waals surface area (Å²) in [5.74, 6) is 0.696. The summed E-state index contributed by atoms with van der Waals surface area (Å²) in [5.41, 5.74) is 0.319.